The van der Waals surface area contributed by atoms with E-state index in [1.807, 2.05) is 13.8 Å². The maximum Gasteiger partial charge on any atom is 0.320 e. The first kappa shape index (κ1) is 23.6. The van der Waals surface area contributed by atoms with Crippen LogP contribution in [0, 0.1) is 5.92 Å². The average Bonchev–Trinajstić information content (AvgIpc) is 2.53. The zero-order valence-electron chi connectivity index (χ0n) is 15.7. The first-order valence-corrected chi connectivity index (χ1v) is 8.52. The zero-order valence-corrected chi connectivity index (χ0v) is 15.7. The van der Waals surface area contributed by atoms with E-state index in [0.29, 0.717) is 26.4 Å². The molecular formula is C17H32N2O6. The largest absolute Gasteiger partial charge is 0.480 e. The number of carbonyl (C=O) groups excluding carboxylic acids is 2. The Morgan fingerprint density at radius 1 is 1.12 bits per heavy atom. The summed E-state index contributed by atoms with van der Waals surface area (Å²) in [6, 6.07) is -1.02. The van der Waals surface area contributed by atoms with Crippen molar-refractivity contribution in [2.75, 3.05) is 33.0 Å². The van der Waals surface area contributed by atoms with Gasteiger partial charge in [0.05, 0.1) is 25.4 Å². The van der Waals surface area contributed by atoms with Crippen LogP contribution >= 0.6 is 0 Å². The van der Waals surface area contributed by atoms with Crippen LogP contribution in [0.5, 0.6) is 0 Å². The molecule has 0 aromatic carbocycles. The van der Waals surface area contributed by atoms with Gasteiger partial charge in [0, 0.05) is 18.9 Å². The van der Waals surface area contributed by atoms with Crippen molar-refractivity contribution < 1.29 is 29.0 Å². The summed E-state index contributed by atoms with van der Waals surface area (Å²) >= 11 is 0. The molecular weight excluding hydrogens is 328 g/mol. The number of carbonyl (C=O) groups is 3. The van der Waals surface area contributed by atoms with E-state index in [2.05, 4.69) is 5.32 Å². The highest BCUT2D eigenvalue weighted by atomic mass is 16.5. The summed E-state index contributed by atoms with van der Waals surface area (Å²) in [6.07, 6.45) is 0.217. The van der Waals surface area contributed by atoms with Crippen LogP contribution in [-0.4, -0.2) is 67.2 Å². The smallest absolute Gasteiger partial charge is 0.320 e. The SMILES string of the molecule is CC(C)C(=O)COCCOCCNC(C)(C)C(=O)CCC(N)C(=O)O. The highest BCUT2D eigenvalue weighted by molar-refractivity contribution is 5.88. The van der Waals surface area contributed by atoms with E-state index < -0.39 is 17.6 Å². The van der Waals surface area contributed by atoms with E-state index >= 15 is 0 Å². The molecule has 0 amide bonds. The van der Waals surface area contributed by atoms with Gasteiger partial charge in [-0.2, -0.15) is 0 Å². The number of nitrogens with two attached hydrogens (primary N) is 1. The maximum atomic E-state index is 12.1. The summed E-state index contributed by atoms with van der Waals surface area (Å²) in [5.41, 5.74) is 4.62. The van der Waals surface area contributed by atoms with Crippen LogP contribution in [0.1, 0.15) is 40.5 Å². The lowest BCUT2D eigenvalue weighted by atomic mass is 9.94. The Hall–Kier alpha value is -1.35. The second kappa shape index (κ2) is 12.1. The van der Waals surface area contributed by atoms with Gasteiger partial charge in [-0.15, -0.1) is 0 Å². The summed E-state index contributed by atoms with van der Waals surface area (Å²) in [7, 11) is 0. The van der Waals surface area contributed by atoms with E-state index in [1.54, 1.807) is 13.8 Å². The molecule has 0 saturated heterocycles. The summed E-state index contributed by atoms with van der Waals surface area (Å²) in [5.74, 6) is -1.18. The topological polar surface area (TPSA) is 128 Å². The molecule has 0 spiro atoms. The molecule has 0 aromatic rings. The van der Waals surface area contributed by atoms with Crippen molar-refractivity contribution in [1.29, 1.82) is 0 Å². The molecule has 0 heterocycles. The normalized spacial score (nSPS) is 13.0. The van der Waals surface area contributed by atoms with E-state index in [9.17, 15) is 14.4 Å². The Bertz CT molecular complexity index is 437. The fourth-order valence-electron chi connectivity index (χ4n) is 1.82. The molecule has 4 N–H and O–H groups in total. The lowest BCUT2D eigenvalue weighted by Gasteiger charge is -2.25. The molecule has 0 aliphatic rings. The van der Waals surface area contributed by atoms with Crippen molar-refractivity contribution in [3.05, 3.63) is 0 Å². The molecule has 0 radical (unpaired) electrons. The molecule has 0 aliphatic carbocycles. The standard InChI is InChI=1S/C17H32N2O6/c1-12(2)14(20)11-25-10-9-24-8-7-19-17(3,4)15(21)6-5-13(18)16(22)23/h12-13,19H,5-11,18H2,1-4H3,(H,22,23). The summed E-state index contributed by atoms with van der Waals surface area (Å²) in [4.78, 5) is 34.1. The number of aliphatic carboxylic acids is 1. The minimum absolute atomic E-state index is 0.0325. The lowest BCUT2D eigenvalue weighted by molar-refractivity contribution is -0.138. The van der Waals surface area contributed by atoms with Crippen molar-refractivity contribution in [1.82, 2.24) is 5.32 Å². The van der Waals surface area contributed by atoms with Crippen LogP contribution in [-0.2, 0) is 23.9 Å². The fraction of sp³-hybridized carbons (Fsp3) is 0.824. The van der Waals surface area contributed by atoms with Crippen molar-refractivity contribution in [3.63, 3.8) is 0 Å². The average molecular weight is 360 g/mol. The zero-order chi connectivity index (χ0) is 19.5. The Kier molecular flexibility index (Phi) is 11.4. The molecule has 0 saturated carbocycles. The monoisotopic (exact) mass is 360 g/mol. The predicted molar refractivity (Wildman–Crippen MR) is 93.4 cm³/mol. The number of carboxylic acids is 1. The van der Waals surface area contributed by atoms with Crippen LogP contribution < -0.4 is 11.1 Å². The number of hydrogen-bond donors (Lipinski definition) is 3. The van der Waals surface area contributed by atoms with Gasteiger partial charge in [-0.1, -0.05) is 13.8 Å². The van der Waals surface area contributed by atoms with Crippen molar-refractivity contribution >= 4 is 17.5 Å². The fourth-order valence-corrected chi connectivity index (χ4v) is 1.82. The highest BCUT2D eigenvalue weighted by Crippen LogP contribution is 2.09. The molecule has 0 fully saturated rings. The number of ether oxygens (including phenoxy) is 2. The van der Waals surface area contributed by atoms with Crippen molar-refractivity contribution in [2.45, 2.75) is 52.1 Å². The second-order valence-electron chi connectivity index (χ2n) is 6.74. The minimum atomic E-state index is -1.11. The summed E-state index contributed by atoms with van der Waals surface area (Å²) in [6.45, 7) is 8.80. The summed E-state index contributed by atoms with van der Waals surface area (Å²) < 4.78 is 10.6. The first-order chi connectivity index (χ1) is 11.6. The van der Waals surface area contributed by atoms with Crippen molar-refractivity contribution in [3.8, 4) is 0 Å². The highest BCUT2D eigenvalue weighted by Gasteiger charge is 2.27. The van der Waals surface area contributed by atoms with E-state index in [1.165, 1.54) is 0 Å². The van der Waals surface area contributed by atoms with Crippen LogP contribution in [0.2, 0.25) is 0 Å². The number of carboxylic acid groups (broad SMARTS) is 1. The van der Waals surface area contributed by atoms with Crippen LogP contribution in [0.4, 0.5) is 0 Å². The van der Waals surface area contributed by atoms with Crippen molar-refractivity contribution in [2.24, 2.45) is 11.7 Å². The third-order valence-corrected chi connectivity index (χ3v) is 3.77. The maximum absolute atomic E-state index is 12.1. The molecule has 0 bridgehead atoms. The van der Waals surface area contributed by atoms with Gasteiger partial charge >= 0.3 is 5.97 Å². The Balaban J connectivity index is 3.79. The van der Waals surface area contributed by atoms with E-state index in [-0.39, 0.29) is 36.9 Å². The number of ketones is 2. The van der Waals surface area contributed by atoms with Gasteiger partial charge in [0.25, 0.3) is 0 Å². The second-order valence-corrected chi connectivity index (χ2v) is 6.74. The molecule has 0 aromatic heterocycles. The van der Waals surface area contributed by atoms with Gasteiger partial charge in [0.1, 0.15) is 12.6 Å². The van der Waals surface area contributed by atoms with Crippen LogP contribution in [0.3, 0.4) is 0 Å². The Morgan fingerprint density at radius 2 is 1.72 bits per heavy atom. The molecule has 1 unspecified atom stereocenters. The molecule has 0 rings (SSSR count). The number of nitrogens with one attached hydrogen (secondary N) is 1. The molecule has 8 nitrogen and oxygen atoms in total. The third-order valence-electron chi connectivity index (χ3n) is 3.77. The van der Waals surface area contributed by atoms with Gasteiger partial charge in [-0.05, 0) is 20.3 Å². The number of rotatable bonds is 15. The summed E-state index contributed by atoms with van der Waals surface area (Å²) in [5, 5.41) is 11.8. The first-order valence-electron chi connectivity index (χ1n) is 8.52. The van der Waals surface area contributed by atoms with Crippen LogP contribution in [0.25, 0.3) is 0 Å². The third kappa shape index (κ3) is 11.0. The minimum Gasteiger partial charge on any atom is -0.480 e. The molecule has 8 heteroatoms. The molecule has 25 heavy (non-hydrogen) atoms. The van der Waals surface area contributed by atoms with Gasteiger partial charge in [0.2, 0.25) is 0 Å². The van der Waals surface area contributed by atoms with Crippen LogP contribution in [0.15, 0.2) is 0 Å². The number of Topliss-reactive ketones (excluding diaryl/α,β-unsaturated/α-hetero) is 2. The lowest BCUT2D eigenvalue weighted by Crippen LogP contribution is -2.48. The molecule has 146 valence electrons. The predicted octanol–water partition coefficient (Wildman–Crippen LogP) is 0.374. The molecule has 1 atom stereocenters. The molecule has 0 aliphatic heterocycles. The Morgan fingerprint density at radius 3 is 2.28 bits per heavy atom. The van der Waals surface area contributed by atoms with Gasteiger partial charge < -0.3 is 25.6 Å². The van der Waals surface area contributed by atoms with Gasteiger partial charge in [-0.3, -0.25) is 14.4 Å². The van der Waals surface area contributed by atoms with Gasteiger partial charge in [-0.25, -0.2) is 0 Å². The van der Waals surface area contributed by atoms with E-state index in [0.717, 1.165) is 0 Å². The van der Waals surface area contributed by atoms with E-state index in [4.69, 9.17) is 20.3 Å². The van der Waals surface area contributed by atoms with Gasteiger partial charge in [0.15, 0.2) is 11.6 Å². The Labute approximate surface area is 149 Å². The number of hydrogen-bond acceptors (Lipinski definition) is 7. The quantitative estimate of drug-likeness (QED) is 0.357.